The second-order valence-corrected chi connectivity index (χ2v) is 8.13. The van der Waals surface area contributed by atoms with E-state index in [4.69, 9.17) is 5.11 Å². The van der Waals surface area contributed by atoms with Crippen molar-refractivity contribution >= 4 is 39.0 Å². The third-order valence-corrected chi connectivity index (χ3v) is 6.14. The monoisotopic (exact) mass is 383 g/mol. The number of nitrogens with zero attached hydrogens (tertiary/aromatic N) is 2. The van der Waals surface area contributed by atoms with E-state index in [9.17, 15) is 9.59 Å². The summed E-state index contributed by atoms with van der Waals surface area (Å²) in [7, 11) is 0. The molecule has 0 aliphatic heterocycles. The molecule has 1 atom stereocenters. The number of carboxylic acid groups (broad SMARTS) is 1. The van der Waals surface area contributed by atoms with Crippen LogP contribution in [0.15, 0.2) is 30.5 Å². The molecule has 1 aliphatic carbocycles. The first-order valence-electron chi connectivity index (χ1n) is 9.13. The average molecular weight is 383 g/mol. The van der Waals surface area contributed by atoms with E-state index in [-0.39, 0.29) is 11.9 Å². The third-order valence-electron chi connectivity index (χ3n) is 5.04. The first-order chi connectivity index (χ1) is 13.0. The number of carboxylic acids is 1. The minimum Gasteiger partial charge on any atom is -0.477 e. The minimum absolute atomic E-state index is 0.167. The topological polar surface area (TPSA) is 84.2 Å². The standard InChI is InChI=1S/C20H21N3O3S/c1-3-11(2)23-18(12-4-5-12)15(10-21-23)19(24)22-14-6-7-16-13(8-14)9-17(27-16)20(25)26/h6-12H,3-5H2,1-2H3,(H,22,24)(H,25,26). The molecule has 1 aliphatic rings. The van der Waals surface area contributed by atoms with Gasteiger partial charge in [-0.1, -0.05) is 6.92 Å². The number of carbonyl (C=O) groups excluding carboxylic acids is 1. The summed E-state index contributed by atoms with van der Waals surface area (Å²) in [5, 5.41) is 17.4. The Hall–Kier alpha value is -2.67. The molecule has 2 heterocycles. The van der Waals surface area contributed by atoms with E-state index in [1.165, 1.54) is 11.3 Å². The molecule has 0 saturated heterocycles. The Morgan fingerprint density at radius 1 is 1.37 bits per heavy atom. The fourth-order valence-electron chi connectivity index (χ4n) is 3.26. The summed E-state index contributed by atoms with van der Waals surface area (Å²) in [4.78, 5) is 24.3. The van der Waals surface area contributed by atoms with Gasteiger partial charge in [-0.05, 0) is 55.8 Å². The highest BCUT2D eigenvalue weighted by molar-refractivity contribution is 7.20. The van der Waals surface area contributed by atoms with Crippen molar-refractivity contribution in [1.82, 2.24) is 9.78 Å². The minimum atomic E-state index is -0.937. The quantitative estimate of drug-likeness (QED) is 0.634. The van der Waals surface area contributed by atoms with Gasteiger partial charge in [-0.2, -0.15) is 5.10 Å². The van der Waals surface area contributed by atoms with Crippen molar-refractivity contribution < 1.29 is 14.7 Å². The van der Waals surface area contributed by atoms with Crippen LogP contribution in [0.4, 0.5) is 5.69 Å². The number of rotatable bonds is 6. The lowest BCUT2D eigenvalue weighted by Crippen LogP contribution is -2.15. The molecule has 1 unspecified atom stereocenters. The van der Waals surface area contributed by atoms with Gasteiger partial charge in [0, 0.05) is 22.3 Å². The number of nitrogens with one attached hydrogen (secondary N) is 1. The van der Waals surface area contributed by atoms with Gasteiger partial charge in [0.05, 0.1) is 17.5 Å². The molecule has 1 saturated carbocycles. The fraction of sp³-hybridized carbons (Fsp3) is 0.350. The first-order valence-corrected chi connectivity index (χ1v) is 9.95. The molecule has 2 N–H and O–H groups in total. The van der Waals surface area contributed by atoms with Crippen LogP contribution in [0.1, 0.15) is 70.8 Å². The van der Waals surface area contributed by atoms with Gasteiger partial charge in [-0.25, -0.2) is 4.79 Å². The molecule has 4 rings (SSSR count). The van der Waals surface area contributed by atoms with Crippen molar-refractivity contribution in [2.75, 3.05) is 5.32 Å². The lowest BCUT2D eigenvalue weighted by molar-refractivity contribution is 0.0702. The Bertz CT molecular complexity index is 1030. The summed E-state index contributed by atoms with van der Waals surface area (Å²) in [6.07, 6.45) is 4.83. The molecular weight excluding hydrogens is 362 g/mol. The van der Waals surface area contributed by atoms with Crippen molar-refractivity contribution in [3.05, 3.63) is 46.6 Å². The van der Waals surface area contributed by atoms with Crippen LogP contribution in [0, 0.1) is 0 Å². The molecule has 7 heteroatoms. The van der Waals surface area contributed by atoms with Crippen LogP contribution >= 0.6 is 11.3 Å². The van der Waals surface area contributed by atoms with E-state index in [2.05, 4.69) is 24.3 Å². The molecule has 1 aromatic carbocycles. The Labute approximate surface area is 160 Å². The molecule has 1 amide bonds. The Balaban J connectivity index is 1.61. The first kappa shape index (κ1) is 17.7. The largest absolute Gasteiger partial charge is 0.477 e. The number of hydrogen-bond donors (Lipinski definition) is 2. The van der Waals surface area contributed by atoms with Crippen LogP contribution in [0.25, 0.3) is 10.1 Å². The SMILES string of the molecule is CCC(C)n1ncc(C(=O)Nc2ccc3sc(C(=O)O)cc3c2)c1C1CC1. The molecule has 0 spiro atoms. The number of benzene rings is 1. The second-order valence-electron chi connectivity index (χ2n) is 7.04. The molecular formula is C20H21N3O3S. The molecule has 3 aromatic rings. The van der Waals surface area contributed by atoms with Crippen LogP contribution in [-0.2, 0) is 0 Å². The van der Waals surface area contributed by atoms with Gasteiger partial charge in [-0.15, -0.1) is 11.3 Å². The van der Waals surface area contributed by atoms with Gasteiger partial charge >= 0.3 is 5.97 Å². The second kappa shape index (κ2) is 6.81. The molecule has 140 valence electrons. The van der Waals surface area contributed by atoms with Gasteiger partial charge in [-0.3, -0.25) is 9.48 Å². The van der Waals surface area contributed by atoms with Gasteiger partial charge in [0.1, 0.15) is 4.88 Å². The number of amides is 1. The lowest BCUT2D eigenvalue weighted by atomic mass is 10.1. The van der Waals surface area contributed by atoms with E-state index >= 15 is 0 Å². The number of aromatic nitrogens is 2. The van der Waals surface area contributed by atoms with E-state index in [0.717, 1.165) is 35.0 Å². The Morgan fingerprint density at radius 2 is 2.15 bits per heavy atom. The maximum Gasteiger partial charge on any atom is 0.345 e. The predicted molar refractivity (Wildman–Crippen MR) is 106 cm³/mol. The highest BCUT2D eigenvalue weighted by Crippen LogP contribution is 2.43. The maximum absolute atomic E-state index is 12.9. The smallest absolute Gasteiger partial charge is 0.345 e. The highest BCUT2D eigenvalue weighted by Gasteiger charge is 2.33. The van der Waals surface area contributed by atoms with Crippen molar-refractivity contribution in [3.63, 3.8) is 0 Å². The number of anilines is 1. The highest BCUT2D eigenvalue weighted by atomic mass is 32.1. The van der Waals surface area contributed by atoms with Crippen molar-refractivity contribution in [3.8, 4) is 0 Å². The maximum atomic E-state index is 12.9. The summed E-state index contributed by atoms with van der Waals surface area (Å²) in [5.74, 6) is -0.687. The Kier molecular flexibility index (Phi) is 4.47. The van der Waals surface area contributed by atoms with Gasteiger partial charge < -0.3 is 10.4 Å². The lowest BCUT2D eigenvalue weighted by Gasteiger charge is -2.14. The summed E-state index contributed by atoms with van der Waals surface area (Å²) >= 11 is 1.23. The zero-order valence-electron chi connectivity index (χ0n) is 15.2. The number of carbonyl (C=O) groups is 2. The van der Waals surface area contributed by atoms with Crippen LogP contribution in [-0.4, -0.2) is 26.8 Å². The average Bonchev–Trinajstić information content (AvgIpc) is 3.24. The van der Waals surface area contributed by atoms with E-state index in [0.29, 0.717) is 22.0 Å². The predicted octanol–water partition coefficient (Wildman–Crippen LogP) is 4.90. The molecule has 27 heavy (non-hydrogen) atoms. The summed E-state index contributed by atoms with van der Waals surface area (Å²) < 4.78 is 2.88. The number of hydrogen-bond acceptors (Lipinski definition) is 4. The molecule has 1 fully saturated rings. The number of fused-ring (bicyclic) bond motifs is 1. The molecule has 0 radical (unpaired) electrons. The summed E-state index contributed by atoms with van der Waals surface area (Å²) in [5.41, 5.74) is 2.32. The van der Waals surface area contributed by atoms with E-state index < -0.39 is 5.97 Å². The van der Waals surface area contributed by atoms with Crippen molar-refractivity contribution in [2.24, 2.45) is 0 Å². The van der Waals surface area contributed by atoms with Crippen LogP contribution in [0.2, 0.25) is 0 Å². The van der Waals surface area contributed by atoms with Gasteiger partial charge in [0.2, 0.25) is 0 Å². The zero-order chi connectivity index (χ0) is 19.1. The zero-order valence-corrected chi connectivity index (χ0v) is 16.0. The van der Waals surface area contributed by atoms with E-state index in [1.807, 2.05) is 16.8 Å². The third kappa shape index (κ3) is 3.35. The molecule has 2 aromatic heterocycles. The fourth-order valence-corrected chi connectivity index (χ4v) is 4.14. The molecule has 6 nitrogen and oxygen atoms in total. The Morgan fingerprint density at radius 3 is 2.81 bits per heavy atom. The summed E-state index contributed by atoms with van der Waals surface area (Å²) in [6.45, 7) is 4.23. The van der Waals surface area contributed by atoms with Crippen LogP contribution in [0.3, 0.4) is 0 Å². The molecule has 0 bridgehead atoms. The number of aromatic carboxylic acids is 1. The van der Waals surface area contributed by atoms with Gasteiger partial charge in [0.15, 0.2) is 0 Å². The van der Waals surface area contributed by atoms with Gasteiger partial charge in [0.25, 0.3) is 5.91 Å². The van der Waals surface area contributed by atoms with Crippen LogP contribution in [0.5, 0.6) is 0 Å². The normalized spacial score (nSPS) is 15.0. The van der Waals surface area contributed by atoms with Crippen molar-refractivity contribution in [1.29, 1.82) is 0 Å². The van der Waals surface area contributed by atoms with Crippen molar-refractivity contribution in [2.45, 2.75) is 45.1 Å². The summed E-state index contributed by atoms with van der Waals surface area (Å²) in [6, 6.07) is 7.35. The van der Waals surface area contributed by atoms with E-state index in [1.54, 1.807) is 18.3 Å². The number of thiophene rings is 1. The van der Waals surface area contributed by atoms with Crippen LogP contribution < -0.4 is 5.32 Å².